The average Bonchev–Trinajstić information content (AvgIpc) is 2.91. The fourth-order valence-corrected chi connectivity index (χ4v) is 2.80. The molecule has 0 spiro atoms. The molecule has 2 aromatic heterocycles. The molecule has 0 saturated heterocycles. The monoisotopic (exact) mass is 330 g/mol. The summed E-state index contributed by atoms with van der Waals surface area (Å²) < 4.78 is 1.66. The molecule has 0 radical (unpaired) electrons. The van der Waals surface area contributed by atoms with Crippen LogP contribution in [0.2, 0.25) is 10.0 Å². The summed E-state index contributed by atoms with van der Waals surface area (Å²) in [5.74, 6) is 0. The third-order valence-electron chi connectivity index (χ3n) is 3.42. The molecule has 0 saturated carbocycles. The summed E-state index contributed by atoms with van der Waals surface area (Å²) in [4.78, 5) is 16.4. The summed E-state index contributed by atoms with van der Waals surface area (Å²) in [5.41, 5.74) is 2.12. The largest absolute Gasteiger partial charge is 0.281 e. The predicted molar refractivity (Wildman–Crippen MR) is 86.6 cm³/mol. The van der Waals surface area contributed by atoms with E-state index >= 15 is 0 Å². The molecule has 7 heteroatoms. The van der Waals surface area contributed by atoms with Gasteiger partial charge in [0.15, 0.2) is 5.65 Å². The average molecular weight is 331 g/mol. The van der Waals surface area contributed by atoms with Crippen LogP contribution in [-0.2, 0) is 0 Å². The van der Waals surface area contributed by atoms with Crippen molar-refractivity contribution in [3.8, 4) is 11.3 Å². The number of halogens is 2. The first-order valence-electron chi connectivity index (χ1n) is 6.46. The van der Waals surface area contributed by atoms with Crippen molar-refractivity contribution < 1.29 is 0 Å². The van der Waals surface area contributed by atoms with Crippen LogP contribution in [0.4, 0.5) is 0 Å². The Labute approximate surface area is 134 Å². The van der Waals surface area contributed by atoms with Crippen LogP contribution in [0, 0.1) is 0 Å². The molecule has 22 heavy (non-hydrogen) atoms. The standard InChI is InChI=1S/C15H8Cl2N4O/c16-9-3-1-2-8(6-9)13-14-18-15(22)11-7-10(17)4-5-12(11)21(14)20-19-13/h1-7,20H. The third kappa shape index (κ3) is 1.98. The lowest BCUT2D eigenvalue weighted by Gasteiger charge is -2.01. The minimum absolute atomic E-state index is 0.345. The molecule has 0 amide bonds. The second-order valence-electron chi connectivity index (χ2n) is 4.81. The molecular formula is C15H8Cl2N4O. The Morgan fingerprint density at radius 1 is 1.05 bits per heavy atom. The first kappa shape index (κ1) is 13.3. The predicted octanol–water partition coefficient (Wildman–Crippen LogP) is 3.54. The summed E-state index contributed by atoms with van der Waals surface area (Å²) >= 11 is 12.0. The van der Waals surface area contributed by atoms with Crippen LogP contribution < -0.4 is 5.56 Å². The normalized spacial score (nSPS) is 11.4. The maximum atomic E-state index is 12.2. The molecule has 0 fully saturated rings. The number of aromatic nitrogens is 4. The van der Waals surface area contributed by atoms with Gasteiger partial charge in [0.1, 0.15) is 5.69 Å². The topological polar surface area (TPSA) is 63.0 Å². The maximum absolute atomic E-state index is 12.2. The van der Waals surface area contributed by atoms with Crippen molar-refractivity contribution >= 4 is 39.8 Å². The number of benzene rings is 2. The number of hydrogen-bond donors (Lipinski definition) is 1. The van der Waals surface area contributed by atoms with Crippen molar-refractivity contribution in [2.75, 3.05) is 0 Å². The molecule has 5 nitrogen and oxygen atoms in total. The van der Waals surface area contributed by atoms with Crippen LogP contribution in [0.25, 0.3) is 27.8 Å². The molecule has 0 atom stereocenters. The Hall–Kier alpha value is -2.37. The van der Waals surface area contributed by atoms with Crippen molar-refractivity contribution in [1.29, 1.82) is 0 Å². The van der Waals surface area contributed by atoms with E-state index in [-0.39, 0.29) is 5.56 Å². The van der Waals surface area contributed by atoms with E-state index in [9.17, 15) is 4.79 Å². The lowest BCUT2D eigenvalue weighted by atomic mass is 10.1. The smallest absolute Gasteiger partial charge is 0.267 e. The minimum atomic E-state index is -0.345. The van der Waals surface area contributed by atoms with Crippen molar-refractivity contribution in [1.82, 2.24) is 19.8 Å². The zero-order chi connectivity index (χ0) is 15.3. The third-order valence-corrected chi connectivity index (χ3v) is 3.89. The molecular weight excluding hydrogens is 323 g/mol. The minimum Gasteiger partial charge on any atom is -0.267 e. The summed E-state index contributed by atoms with van der Waals surface area (Å²) in [7, 11) is 0. The van der Waals surface area contributed by atoms with Crippen molar-refractivity contribution in [2.45, 2.75) is 0 Å². The van der Waals surface area contributed by atoms with Crippen molar-refractivity contribution in [3.05, 3.63) is 62.9 Å². The SMILES string of the molecule is O=c1nc2c(-c3cccc(Cl)c3)n[nH]n2c2ccc(Cl)cc12. The molecule has 4 aromatic rings. The fourth-order valence-electron chi connectivity index (χ4n) is 2.43. The van der Waals surface area contributed by atoms with E-state index in [1.165, 1.54) is 0 Å². The van der Waals surface area contributed by atoms with Gasteiger partial charge in [0.25, 0.3) is 5.56 Å². The quantitative estimate of drug-likeness (QED) is 0.580. The summed E-state index contributed by atoms with van der Waals surface area (Å²) in [6.45, 7) is 0. The highest BCUT2D eigenvalue weighted by atomic mass is 35.5. The van der Waals surface area contributed by atoms with Crippen LogP contribution in [0.15, 0.2) is 47.3 Å². The number of nitrogens with one attached hydrogen (secondary N) is 1. The van der Waals surface area contributed by atoms with Crippen molar-refractivity contribution in [3.63, 3.8) is 0 Å². The van der Waals surface area contributed by atoms with Crippen LogP contribution in [0.3, 0.4) is 0 Å². The molecule has 4 rings (SSSR count). The highest BCUT2D eigenvalue weighted by Gasteiger charge is 2.14. The number of H-pyrrole nitrogens is 1. The zero-order valence-electron chi connectivity index (χ0n) is 11.0. The molecule has 1 N–H and O–H groups in total. The van der Waals surface area contributed by atoms with Crippen LogP contribution in [0.5, 0.6) is 0 Å². The summed E-state index contributed by atoms with van der Waals surface area (Å²) in [6, 6.07) is 12.3. The molecule has 108 valence electrons. The summed E-state index contributed by atoms with van der Waals surface area (Å²) in [5, 5.41) is 8.65. The van der Waals surface area contributed by atoms with Gasteiger partial charge in [-0.1, -0.05) is 35.3 Å². The highest BCUT2D eigenvalue weighted by molar-refractivity contribution is 6.31. The lowest BCUT2D eigenvalue weighted by Crippen LogP contribution is -2.10. The van der Waals surface area contributed by atoms with Crippen molar-refractivity contribution in [2.24, 2.45) is 0 Å². The van der Waals surface area contributed by atoms with E-state index in [1.807, 2.05) is 12.1 Å². The van der Waals surface area contributed by atoms with Gasteiger partial charge in [0, 0.05) is 15.6 Å². The maximum Gasteiger partial charge on any atom is 0.281 e. The number of rotatable bonds is 1. The van der Waals surface area contributed by atoms with E-state index in [4.69, 9.17) is 23.2 Å². The van der Waals surface area contributed by atoms with Gasteiger partial charge in [0.05, 0.1) is 10.9 Å². The van der Waals surface area contributed by atoms with Gasteiger partial charge in [-0.25, -0.2) is 9.73 Å². The van der Waals surface area contributed by atoms with E-state index in [0.717, 1.165) is 5.56 Å². The molecule has 0 aliphatic rings. The number of aromatic amines is 1. The van der Waals surface area contributed by atoms with Gasteiger partial charge in [-0.15, -0.1) is 0 Å². The Morgan fingerprint density at radius 2 is 1.86 bits per heavy atom. The summed E-state index contributed by atoms with van der Waals surface area (Å²) in [6.07, 6.45) is 0. The van der Waals surface area contributed by atoms with E-state index in [0.29, 0.717) is 32.3 Å². The van der Waals surface area contributed by atoms with Gasteiger partial charge >= 0.3 is 0 Å². The highest BCUT2D eigenvalue weighted by Crippen LogP contribution is 2.25. The Morgan fingerprint density at radius 3 is 2.68 bits per heavy atom. The Bertz CT molecular complexity index is 1080. The second kappa shape index (κ2) is 4.83. The van der Waals surface area contributed by atoms with Gasteiger partial charge in [0.2, 0.25) is 0 Å². The Kier molecular flexibility index (Phi) is 2.92. The zero-order valence-corrected chi connectivity index (χ0v) is 12.6. The number of fused-ring (bicyclic) bond motifs is 3. The first-order valence-corrected chi connectivity index (χ1v) is 7.21. The molecule has 0 aliphatic carbocycles. The number of hydrogen-bond acceptors (Lipinski definition) is 3. The van der Waals surface area contributed by atoms with E-state index in [1.54, 1.807) is 34.8 Å². The van der Waals surface area contributed by atoms with Crippen LogP contribution in [0.1, 0.15) is 0 Å². The number of nitrogens with zero attached hydrogens (tertiary/aromatic N) is 3. The van der Waals surface area contributed by atoms with Crippen LogP contribution >= 0.6 is 23.2 Å². The molecule has 0 bridgehead atoms. The van der Waals surface area contributed by atoms with E-state index < -0.39 is 0 Å². The molecule has 2 aromatic carbocycles. The lowest BCUT2D eigenvalue weighted by molar-refractivity contribution is 0.874. The van der Waals surface area contributed by atoms with Gasteiger partial charge in [-0.3, -0.25) is 4.79 Å². The Balaban J connectivity index is 2.10. The van der Waals surface area contributed by atoms with Gasteiger partial charge in [-0.05, 0) is 30.3 Å². The van der Waals surface area contributed by atoms with E-state index in [2.05, 4.69) is 15.3 Å². The molecule has 0 aliphatic heterocycles. The van der Waals surface area contributed by atoms with Gasteiger partial charge in [-0.2, -0.15) is 10.1 Å². The molecule has 2 heterocycles. The van der Waals surface area contributed by atoms with Crippen LogP contribution in [-0.4, -0.2) is 19.8 Å². The molecule has 0 unspecified atom stereocenters. The second-order valence-corrected chi connectivity index (χ2v) is 5.68. The van der Waals surface area contributed by atoms with Gasteiger partial charge < -0.3 is 0 Å². The first-order chi connectivity index (χ1) is 10.6. The fraction of sp³-hybridized carbons (Fsp3) is 0.